The largest absolute Gasteiger partial charge is 0.507 e. The number of carbonyl (C=O) groups is 2. The number of aliphatic hydroxyl groups is 1. The van der Waals surface area contributed by atoms with Gasteiger partial charge in [-0.15, -0.1) is 0 Å². The minimum atomic E-state index is -0.815. The highest BCUT2D eigenvalue weighted by Gasteiger charge is 2.47. The van der Waals surface area contributed by atoms with E-state index in [1.807, 2.05) is 32.9 Å². The molecule has 3 aromatic rings. The van der Waals surface area contributed by atoms with Gasteiger partial charge in [0.1, 0.15) is 17.3 Å². The van der Waals surface area contributed by atoms with Gasteiger partial charge >= 0.3 is 0 Å². The Balaban J connectivity index is 1.85. The number of rotatable bonds is 7. The second kappa shape index (κ2) is 10.4. The summed E-state index contributed by atoms with van der Waals surface area (Å²) in [5.41, 5.74) is 1.68. The summed E-state index contributed by atoms with van der Waals surface area (Å²) in [7, 11) is 0. The third-order valence-corrected chi connectivity index (χ3v) is 6.08. The molecule has 180 valence electrons. The van der Waals surface area contributed by atoms with Crippen molar-refractivity contribution in [2.75, 3.05) is 11.5 Å². The molecule has 1 amide bonds. The molecule has 1 saturated heterocycles. The summed E-state index contributed by atoms with van der Waals surface area (Å²) in [4.78, 5) is 28.0. The highest BCUT2D eigenvalue weighted by Crippen LogP contribution is 2.42. The van der Waals surface area contributed by atoms with Gasteiger partial charge in [0.15, 0.2) is 0 Å². The standard InChI is InChI=1S/C28H26BrNO5/c1-4-34-22-15-11-21(12-16-22)30-25(18-7-13-23(14-8-18)35-17(2)3)24(27(32)28(30)33)26(31)19-5-9-20(29)10-6-19/h5-17,25,31H,4H2,1-3H3/b26-24+. The van der Waals surface area contributed by atoms with E-state index in [1.54, 1.807) is 60.7 Å². The maximum absolute atomic E-state index is 13.3. The average molecular weight is 536 g/mol. The number of ether oxygens (including phenoxy) is 2. The third kappa shape index (κ3) is 5.10. The van der Waals surface area contributed by atoms with Crippen molar-refractivity contribution in [3.05, 3.63) is 94.0 Å². The lowest BCUT2D eigenvalue weighted by molar-refractivity contribution is -0.132. The summed E-state index contributed by atoms with van der Waals surface area (Å²) in [5.74, 6) is -0.340. The summed E-state index contributed by atoms with van der Waals surface area (Å²) >= 11 is 3.38. The number of anilines is 1. The van der Waals surface area contributed by atoms with E-state index in [1.165, 1.54) is 4.90 Å². The first-order valence-electron chi connectivity index (χ1n) is 11.4. The highest BCUT2D eigenvalue weighted by molar-refractivity contribution is 9.10. The molecule has 1 unspecified atom stereocenters. The van der Waals surface area contributed by atoms with Crippen molar-refractivity contribution in [1.29, 1.82) is 0 Å². The number of ketones is 1. The number of amides is 1. The number of Topliss-reactive ketones (excluding diaryl/α,β-unsaturated/α-hetero) is 1. The van der Waals surface area contributed by atoms with Gasteiger partial charge in [-0.25, -0.2) is 0 Å². The summed E-state index contributed by atoms with van der Waals surface area (Å²) in [6.45, 7) is 6.28. The zero-order chi connectivity index (χ0) is 25.1. The van der Waals surface area contributed by atoms with Gasteiger partial charge in [-0.1, -0.05) is 40.2 Å². The van der Waals surface area contributed by atoms with Gasteiger partial charge in [0.05, 0.1) is 24.3 Å². The summed E-state index contributed by atoms with van der Waals surface area (Å²) in [6.07, 6.45) is 0.00717. The van der Waals surface area contributed by atoms with Gasteiger partial charge in [-0.05, 0) is 74.9 Å². The number of nitrogens with zero attached hydrogens (tertiary/aromatic N) is 1. The van der Waals surface area contributed by atoms with Crippen molar-refractivity contribution in [1.82, 2.24) is 0 Å². The molecule has 1 atom stereocenters. The maximum atomic E-state index is 13.3. The van der Waals surface area contributed by atoms with Gasteiger partial charge in [-0.2, -0.15) is 0 Å². The van der Waals surface area contributed by atoms with Crippen LogP contribution in [0.3, 0.4) is 0 Å². The molecule has 6 nitrogen and oxygen atoms in total. The maximum Gasteiger partial charge on any atom is 0.300 e. The van der Waals surface area contributed by atoms with Crippen molar-refractivity contribution >= 4 is 39.1 Å². The van der Waals surface area contributed by atoms with Gasteiger partial charge < -0.3 is 14.6 Å². The normalized spacial score (nSPS) is 17.2. The molecule has 0 aliphatic carbocycles. The zero-order valence-corrected chi connectivity index (χ0v) is 21.3. The number of hydrogen-bond acceptors (Lipinski definition) is 5. The SMILES string of the molecule is CCOc1ccc(N2C(=O)C(=O)/C(=C(/O)c3ccc(Br)cc3)C2c2ccc(OC(C)C)cc2)cc1. The lowest BCUT2D eigenvalue weighted by Gasteiger charge is -2.26. The van der Waals surface area contributed by atoms with Crippen LogP contribution in [0.4, 0.5) is 5.69 Å². The topological polar surface area (TPSA) is 76.1 Å². The number of halogens is 1. The van der Waals surface area contributed by atoms with Gasteiger partial charge in [0, 0.05) is 15.7 Å². The second-order valence-electron chi connectivity index (χ2n) is 8.34. The number of benzene rings is 3. The molecule has 1 aliphatic heterocycles. The minimum Gasteiger partial charge on any atom is -0.507 e. The van der Waals surface area contributed by atoms with Crippen LogP contribution in [0.1, 0.15) is 37.9 Å². The van der Waals surface area contributed by atoms with E-state index in [0.29, 0.717) is 34.9 Å². The molecule has 7 heteroatoms. The zero-order valence-electron chi connectivity index (χ0n) is 19.7. The Kier molecular flexibility index (Phi) is 7.26. The van der Waals surface area contributed by atoms with Crippen molar-refractivity contribution in [2.24, 2.45) is 0 Å². The van der Waals surface area contributed by atoms with Crippen LogP contribution < -0.4 is 14.4 Å². The van der Waals surface area contributed by atoms with E-state index in [4.69, 9.17) is 9.47 Å². The van der Waals surface area contributed by atoms with Crippen molar-refractivity contribution in [3.63, 3.8) is 0 Å². The molecule has 0 radical (unpaired) electrons. The van der Waals surface area contributed by atoms with Crippen molar-refractivity contribution in [3.8, 4) is 11.5 Å². The fourth-order valence-corrected chi connectivity index (χ4v) is 4.31. The van der Waals surface area contributed by atoms with E-state index in [-0.39, 0.29) is 17.4 Å². The molecule has 1 aliphatic rings. The van der Waals surface area contributed by atoms with Crippen LogP contribution in [-0.4, -0.2) is 29.5 Å². The van der Waals surface area contributed by atoms with Gasteiger partial charge in [0.25, 0.3) is 11.7 Å². The first kappa shape index (κ1) is 24.5. The predicted molar refractivity (Wildman–Crippen MR) is 139 cm³/mol. The predicted octanol–water partition coefficient (Wildman–Crippen LogP) is 6.26. The third-order valence-electron chi connectivity index (χ3n) is 5.56. The average Bonchev–Trinajstić information content (AvgIpc) is 3.10. The molecule has 0 bridgehead atoms. The van der Waals surface area contributed by atoms with Crippen LogP contribution in [0.5, 0.6) is 11.5 Å². The van der Waals surface area contributed by atoms with E-state index in [9.17, 15) is 14.7 Å². The van der Waals surface area contributed by atoms with Crippen LogP contribution in [-0.2, 0) is 9.59 Å². The smallest absolute Gasteiger partial charge is 0.300 e. The summed E-state index contributed by atoms with van der Waals surface area (Å²) in [5, 5.41) is 11.2. The molecular weight excluding hydrogens is 510 g/mol. The molecule has 0 spiro atoms. The highest BCUT2D eigenvalue weighted by atomic mass is 79.9. The Morgan fingerprint density at radius 2 is 1.54 bits per heavy atom. The number of aliphatic hydroxyl groups excluding tert-OH is 1. The molecule has 1 fully saturated rings. The fraction of sp³-hybridized carbons (Fsp3) is 0.214. The van der Waals surface area contributed by atoms with Crippen molar-refractivity contribution < 1.29 is 24.2 Å². The lowest BCUT2D eigenvalue weighted by atomic mass is 9.95. The van der Waals surface area contributed by atoms with Crippen LogP contribution >= 0.6 is 15.9 Å². The molecule has 35 heavy (non-hydrogen) atoms. The fourth-order valence-electron chi connectivity index (χ4n) is 4.05. The molecule has 4 rings (SSSR count). The number of carbonyl (C=O) groups excluding carboxylic acids is 2. The molecule has 0 aromatic heterocycles. The first-order chi connectivity index (χ1) is 16.8. The quantitative estimate of drug-likeness (QED) is 0.219. The lowest BCUT2D eigenvalue weighted by Crippen LogP contribution is -2.29. The Morgan fingerprint density at radius 1 is 0.943 bits per heavy atom. The molecule has 1 N–H and O–H groups in total. The second-order valence-corrected chi connectivity index (χ2v) is 9.25. The van der Waals surface area contributed by atoms with E-state index in [0.717, 1.165) is 4.47 Å². The van der Waals surface area contributed by atoms with Crippen LogP contribution in [0.25, 0.3) is 5.76 Å². The summed E-state index contributed by atoms with van der Waals surface area (Å²) in [6, 6.07) is 20.3. The van der Waals surface area contributed by atoms with Crippen LogP contribution in [0.15, 0.2) is 82.8 Å². The first-order valence-corrected chi connectivity index (χ1v) is 12.2. The minimum absolute atomic E-state index is 0.00717. The Morgan fingerprint density at radius 3 is 2.11 bits per heavy atom. The monoisotopic (exact) mass is 535 g/mol. The molecule has 1 heterocycles. The van der Waals surface area contributed by atoms with Crippen LogP contribution in [0, 0.1) is 0 Å². The summed E-state index contributed by atoms with van der Waals surface area (Å²) < 4.78 is 12.1. The van der Waals surface area contributed by atoms with E-state index >= 15 is 0 Å². The van der Waals surface area contributed by atoms with E-state index < -0.39 is 17.7 Å². The van der Waals surface area contributed by atoms with Crippen molar-refractivity contribution in [2.45, 2.75) is 32.9 Å². The van der Waals surface area contributed by atoms with Gasteiger partial charge in [0.2, 0.25) is 0 Å². The Bertz CT molecular complexity index is 1250. The molecular formula is C28H26BrNO5. The molecule has 3 aromatic carbocycles. The van der Waals surface area contributed by atoms with Gasteiger partial charge in [-0.3, -0.25) is 14.5 Å². The van der Waals surface area contributed by atoms with Crippen LogP contribution in [0.2, 0.25) is 0 Å². The Hall–Kier alpha value is -3.58. The van der Waals surface area contributed by atoms with E-state index in [2.05, 4.69) is 15.9 Å². The Labute approximate surface area is 212 Å². The number of hydrogen-bond donors (Lipinski definition) is 1. The molecule has 0 saturated carbocycles.